The van der Waals surface area contributed by atoms with E-state index in [0.29, 0.717) is 0 Å². The summed E-state index contributed by atoms with van der Waals surface area (Å²) in [5.74, 6) is -0.386. The highest BCUT2D eigenvalue weighted by Gasteiger charge is 2.03. The summed E-state index contributed by atoms with van der Waals surface area (Å²) in [6.45, 7) is 0. The fourth-order valence-corrected chi connectivity index (χ4v) is 1.80. The van der Waals surface area contributed by atoms with Gasteiger partial charge in [-0.25, -0.2) is 0 Å². The molecule has 0 saturated carbocycles. The van der Waals surface area contributed by atoms with Gasteiger partial charge in [-0.2, -0.15) is 0 Å². The van der Waals surface area contributed by atoms with Crippen molar-refractivity contribution in [1.29, 1.82) is 0 Å². The molecule has 0 bridgehead atoms. The summed E-state index contributed by atoms with van der Waals surface area (Å²) in [6, 6.07) is 19.0. The van der Waals surface area contributed by atoms with Gasteiger partial charge in [0.15, 0.2) is 11.6 Å². The van der Waals surface area contributed by atoms with E-state index in [1.54, 1.807) is 12.2 Å². The van der Waals surface area contributed by atoms with E-state index in [2.05, 4.69) is 0 Å². The highest BCUT2D eigenvalue weighted by molar-refractivity contribution is 6.10. The topological polar surface area (TPSA) is 34.1 Å². The van der Waals surface area contributed by atoms with Crippen LogP contribution in [-0.2, 0) is 9.59 Å². The Labute approximate surface area is 124 Å². The van der Waals surface area contributed by atoms with E-state index in [-0.39, 0.29) is 18.0 Å². The third-order valence-corrected chi connectivity index (χ3v) is 2.87. The third-order valence-electron chi connectivity index (χ3n) is 2.87. The molecule has 0 radical (unpaired) electrons. The number of rotatable bonds is 6. The summed E-state index contributed by atoms with van der Waals surface area (Å²) < 4.78 is 0. The molecule has 0 unspecified atom stereocenters. The highest BCUT2D eigenvalue weighted by atomic mass is 16.1. The lowest BCUT2D eigenvalue weighted by Crippen LogP contribution is -2.01. The predicted octanol–water partition coefficient (Wildman–Crippen LogP) is 3.94. The molecular formula is C19H16O2. The van der Waals surface area contributed by atoms with Crippen molar-refractivity contribution in [2.75, 3.05) is 0 Å². The summed E-state index contributed by atoms with van der Waals surface area (Å²) in [4.78, 5) is 23.4. The van der Waals surface area contributed by atoms with Crippen LogP contribution in [0.25, 0.3) is 12.2 Å². The molecule has 0 aliphatic carbocycles. The maximum absolute atomic E-state index is 11.7. The van der Waals surface area contributed by atoms with E-state index in [1.807, 2.05) is 60.7 Å². The molecular weight excluding hydrogens is 260 g/mol. The fraction of sp³-hybridized carbons (Fsp3) is 0.0526. The second-order valence-electron chi connectivity index (χ2n) is 4.60. The maximum Gasteiger partial charge on any atom is 0.163 e. The van der Waals surface area contributed by atoms with E-state index in [9.17, 15) is 9.59 Å². The first-order valence-electron chi connectivity index (χ1n) is 6.76. The van der Waals surface area contributed by atoms with E-state index in [1.165, 1.54) is 12.2 Å². The molecule has 2 rings (SSSR count). The molecule has 2 aromatic carbocycles. The van der Waals surface area contributed by atoms with Gasteiger partial charge in [0, 0.05) is 0 Å². The van der Waals surface area contributed by atoms with Gasteiger partial charge in [0.1, 0.15) is 0 Å². The van der Waals surface area contributed by atoms with Crippen LogP contribution in [0.5, 0.6) is 0 Å². The van der Waals surface area contributed by atoms with Gasteiger partial charge in [-0.3, -0.25) is 9.59 Å². The van der Waals surface area contributed by atoms with Crippen molar-refractivity contribution in [2.45, 2.75) is 6.42 Å². The fourth-order valence-electron chi connectivity index (χ4n) is 1.80. The number of carbonyl (C=O) groups excluding carboxylic acids is 2. The van der Waals surface area contributed by atoms with E-state index in [4.69, 9.17) is 0 Å². The van der Waals surface area contributed by atoms with Crippen LogP contribution in [0.3, 0.4) is 0 Å². The first-order chi connectivity index (χ1) is 10.2. The second-order valence-corrected chi connectivity index (χ2v) is 4.60. The van der Waals surface area contributed by atoms with E-state index < -0.39 is 0 Å². The molecule has 0 fully saturated rings. The number of hydrogen-bond acceptors (Lipinski definition) is 2. The van der Waals surface area contributed by atoms with Crippen molar-refractivity contribution in [3.8, 4) is 0 Å². The van der Waals surface area contributed by atoms with E-state index >= 15 is 0 Å². The van der Waals surface area contributed by atoms with Crippen LogP contribution in [-0.4, -0.2) is 11.6 Å². The monoisotopic (exact) mass is 276 g/mol. The first kappa shape index (κ1) is 14.7. The predicted molar refractivity (Wildman–Crippen MR) is 85.6 cm³/mol. The number of benzene rings is 2. The Balaban J connectivity index is 1.87. The molecule has 0 saturated heterocycles. The second kappa shape index (κ2) is 7.75. The smallest absolute Gasteiger partial charge is 0.163 e. The van der Waals surface area contributed by atoms with Gasteiger partial charge in [0.25, 0.3) is 0 Å². The van der Waals surface area contributed by atoms with Crippen molar-refractivity contribution in [3.63, 3.8) is 0 Å². The van der Waals surface area contributed by atoms with Crippen LogP contribution >= 0.6 is 0 Å². The van der Waals surface area contributed by atoms with Crippen LogP contribution in [0.2, 0.25) is 0 Å². The van der Waals surface area contributed by atoms with Gasteiger partial charge in [-0.15, -0.1) is 0 Å². The van der Waals surface area contributed by atoms with Crippen molar-refractivity contribution in [3.05, 3.63) is 83.9 Å². The molecule has 0 spiro atoms. The molecule has 0 heterocycles. The maximum atomic E-state index is 11.7. The molecule has 0 aliphatic heterocycles. The molecule has 0 aromatic heterocycles. The van der Waals surface area contributed by atoms with Crippen LogP contribution in [0.15, 0.2) is 72.8 Å². The van der Waals surface area contributed by atoms with Gasteiger partial charge in [0.2, 0.25) is 0 Å². The Morgan fingerprint density at radius 2 is 1.05 bits per heavy atom. The number of ketones is 2. The molecule has 0 amide bonds. The SMILES string of the molecule is O=C(/C=C\c1ccccc1)CC(=O)/C=C/c1ccccc1. The number of carbonyl (C=O) groups is 2. The summed E-state index contributed by atoms with van der Waals surface area (Å²) in [7, 11) is 0. The lowest BCUT2D eigenvalue weighted by Gasteiger charge is -1.93. The highest BCUT2D eigenvalue weighted by Crippen LogP contribution is 2.04. The lowest BCUT2D eigenvalue weighted by atomic mass is 10.1. The average molecular weight is 276 g/mol. The minimum absolute atomic E-state index is 0.104. The van der Waals surface area contributed by atoms with Crippen molar-refractivity contribution < 1.29 is 9.59 Å². The molecule has 0 N–H and O–H groups in total. The number of allylic oxidation sites excluding steroid dienone is 2. The van der Waals surface area contributed by atoms with Gasteiger partial charge in [-0.1, -0.05) is 72.8 Å². The molecule has 21 heavy (non-hydrogen) atoms. The molecule has 2 heteroatoms. The van der Waals surface area contributed by atoms with Crippen LogP contribution < -0.4 is 0 Å². The molecule has 0 atom stereocenters. The van der Waals surface area contributed by atoms with Gasteiger partial charge in [0.05, 0.1) is 6.42 Å². The zero-order chi connectivity index (χ0) is 14.9. The summed E-state index contributed by atoms with van der Waals surface area (Å²) >= 11 is 0. The molecule has 0 aliphatic rings. The van der Waals surface area contributed by atoms with Crippen LogP contribution in [0.1, 0.15) is 17.5 Å². The molecule has 104 valence electrons. The number of hydrogen-bond donors (Lipinski definition) is 0. The summed E-state index contributed by atoms with van der Waals surface area (Å²) in [6.07, 6.45) is 6.23. The zero-order valence-corrected chi connectivity index (χ0v) is 11.6. The minimum Gasteiger partial charge on any atom is -0.294 e. The lowest BCUT2D eigenvalue weighted by molar-refractivity contribution is -0.121. The summed E-state index contributed by atoms with van der Waals surface area (Å²) in [5, 5.41) is 0. The molecule has 2 nitrogen and oxygen atoms in total. The van der Waals surface area contributed by atoms with Gasteiger partial charge < -0.3 is 0 Å². The van der Waals surface area contributed by atoms with Crippen LogP contribution in [0.4, 0.5) is 0 Å². The van der Waals surface area contributed by atoms with Crippen molar-refractivity contribution in [1.82, 2.24) is 0 Å². The van der Waals surface area contributed by atoms with E-state index in [0.717, 1.165) is 11.1 Å². The van der Waals surface area contributed by atoms with Gasteiger partial charge >= 0.3 is 0 Å². The average Bonchev–Trinajstić information content (AvgIpc) is 2.53. The van der Waals surface area contributed by atoms with Crippen molar-refractivity contribution in [2.24, 2.45) is 0 Å². The Hall–Kier alpha value is -2.74. The normalized spacial score (nSPS) is 11.0. The van der Waals surface area contributed by atoms with Crippen LogP contribution in [0, 0.1) is 0 Å². The minimum atomic E-state index is -0.193. The first-order valence-corrected chi connectivity index (χ1v) is 6.76. The Bertz CT molecular complexity index is 593. The Morgan fingerprint density at radius 3 is 1.43 bits per heavy atom. The third kappa shape index (κ3) is 5.41. The largest absolute Gasteiger partial charge is 0.294 e. The molecule has 2 aromatic rings. The Kier molecular flexibility index (Phi) is 5.41. The van der Waals surface area contributed by atoms with Gasteiger partial charge in [-0.05, 0) is 23.3 Å². The quantitative estimate of drug-likeness (QED) is 0.591. The zero-order valence-electron chi connectivity index (χ0n) is 11.6. The van der Waals surface area contributed by atoms with Crippen molar-refractivity contribution >= 4 is 23.7 Å². The summed E-state index contributed by atoms with van der Waals surface area (Å²) in [5.41, 5.74) is 1.89. The Morgan fingerprint density at radius 1 is 0.667 bits per heavy atom. The standard InChI is InChI=1S/C19H16O2/c20-18(13-11-16-7-3-1-4-8-16)15-19(21)14-12-17-9-5-2-6-10-17/h1-14H,15H2/b13-11-,14-12+.